The second-order valence-corrected chi connectivity index (χ2v) is 8.33. The monoisotopic (exact) mass is 419 g/mol. The van der Waals surface area contributed by atoms with Crippen LogP contribution in [-0.4, -0.2) is 20.2 Å². The lowest BCUT2D eigenvalue weighted by atomic mass is 10.2. The summed E-state index contributed by atoms with van der Waals surface area (Å²) >= 11 is 3.07. The molecule has 29 heavy (non-hydrogen) atoms. The molecule has 0 saturated carbocycles. The van der Waals surface area contributed by atoms with E-state index in [4.69, 9.17) is 4.42 Å². The summed E-state index contributed by atoms with van der Waals surface area (Å²) in [7, 11) is 0. The maximum absolute atomic E-state index is 5.85. The van der Waals surface area contributed by atoms with Crippen LogP contribution in [0.1, 0.15) is 11.3 Å². The lowest BCUT2D eigenvalue weighted by molar-refractivity contribution is 0.466. The van der Waals surface area contributed by atoms with Gasteiger partial charge in [0.15, 0.2) is 5.13 Å². The van der Waals surface area contributed by atoms with Gasteiger partial charge < -0.3 is 14.7 Å². The highest BCUT2D eigenvalue weighted by Gasteiger charge is 2.14. The van der Waals surface area contributed by atoms with Gasteiger partial charge in [-0.2, -0.15) is 0 Å². The van der Waals surface area contributed by atoms with Gasteiger partial charge in [0.2, 0.25) is 0 Å². The molecule has 0 aliphatic heterocycles. The summed E-state index contributed by atoms with van der Waals surface area (Å²) in [5.41, 5.74) is 5.20. The van der Waals surface area contributed by atoms with E-state index in [1.807, 2.05) is 35.8 Å². The van der Waals surface area contributed by atoms with Gasteiger partial charge in [-0.3, -0.25) is 0 Å². The predicted molar refractivity (Wildman–Crippen MR) is 118 cm³/mol. The molecular formula is C21H17N5OS2. The van der Waals surface area contributed by atoms with Crippen LogP contribution in [-0.2, 0) is 5.75 Å². The molecule has 8 heteroatoms. The number of nitrogens with zero attached hydrogens (tertiary/aromatic N) is 3. The molecule has 0 radical (unpaired) electrons. The van der Waals surface area contributed by atoms with Crippen LogP contribution in [0, 0.1) is 6.92 Å². The summed E-state index contributed by atoms with van der Waals surface area (Å²) < 4.78 is 5.85. The maximum Gasteiger partial charge on any atom is 0.277 e. The number of hydrogen-bond donors (Lipinski definition) is 2. The Balaban J connectivity index is 1.24. The third kappa shape index (κ3) is 3.90. The van der Waals surface area contributed by atoms with Crippen molar-refractivity contribution in [3.63, 3.8) is 0 Å². The van der Waals surface area contributed by atoms with E-state index in [2.05, 4.69) is 56.7 Å². The Morgan fingerprint density at radius 1 is 1.10 bits per heavy atom. The smallest absolute Gasteiger partial charge is 0.277 e. The third-order valence-corrected chi connectivity index (χ3v) is 6.08. The molecule has 3 aromatic heterocycles. The number of aromatic nitrogens is 4. The number of thioether (sulfide) groups is 1. The second-order valence-electron chi connectivity index (χ2n) is 6.54. The van der Waals surface area contributed by atoms with Gasteiger partial charge in [0.25, 0.3) is 11.1 Å². The predicted octanol–water partition coefficient (Wildman–Crippen LogP) is 6.02. The highest BCUT2D eigenvalue weighted by molar-refractivity contribution is 7.98. The molecule has 0 amide bonds. The van der Waals surface area contributed by atoms with Crippen LogP contribution in [0.25, 0.3) is 22.4 Å². The minimum atomic E-state index is 0.518. The number of aromatic amines is 1. The number of rotatable bonds is 6. The number of hydrogen-bond acceptors (Lipinski definition) is 7. The van der Waals surface area contributed by atoms with E-state index in [-0.39, 0.29) is 0 Å². The molecule has 0 bridgehead atoms. The van der Waals surface area contributed by atoms with Crippen molar-refractivity contribution in [3.05, 3.63) is 71.4 Å². The van der Waals surface area contributed by atoms with Crippen molar-refractivity contribution in [3.8, 4) is 11.5 Å². The van der Waals surface area contributed by atoms with Gasteiger partial charge in [-0.1, -0.05) is 47.7 Å². The molecule has 5 rings (SSSR count). The van der Waals surface area contributed by atoms with E-state index < -0.39 is 0 Å². The van der Waals surface area contributed by atoms with Gasteiger partial charge in [-0.15, -0.1) is 21.5 Å². The van der Waals surface area contributed by atoms with Crippen LogP contribution >= 0.6 is 23.1 Å². The summed E-state index contributed by atoms with van der Waals surface area (Å²) in [5, 5.41) is 16.2. The Morgan fingerprint density at radius 2 is 1.97 bits per heavy atom. The number of nitrogens with one attached hydrogen (secondary N) is 2. The molecule has 0 unspecified atom stereocenters. The lowest BCUT2D eigenvalue weighted by Crippen LogP contribution is -1.90. The number of thiazole rings is 1. The number of benzene rings is 2. The quantitative estimate of drug-likeness (QED) is 0.328. The lowest BCUT2D eigenvalue weighted by Gasteiger charge is -2.02. The minimum absolute atomic E-state index is 0.518. The first kappa shape index (κ1) is 18.0. The number of anilines is 2. The third-order valence-electron chi connectivity index (χ3n) is 4.42. The zero-order chi connectivity index (χ0) is 19.6. The number of aryl methyl sites for hydroxylation is 1. The Morgan fingerprint density at radius 3 is 2.86 bits per heavy atom. The minimum Gasteiger partial charge on any atom is -0.411 e. The molecule has 2 N–H and O–H groups in total. The molecule has 0 aliphatic carbocycles. The van der Waals surface area contributed by atoms with E-state index in [1.54, 1.807) is 11.3 Å². The zero-order valence-corrected chi connectivity index (χ0v) is 17.2. The molecule has 0 aliphatic rings. The van der Waals surface area contributed by atoms with Crippen LogP contribution in [0.15, 0.2) is 69.7 Å². The van der Waals surface area contributed by atoms with Crippen molar-refractivity contribution >= 4 is 44.8 Å². The average Bonchev–Trinajstić information content (AvgIpc) is 3.47. The number of fused-ring (bicyclic) bond motifs is 1. The van der Waals surface area contributed by atoms with Crippen LogP contribution in [0.5, 0.6) is 0 Å². The van der Waals surface area contributed by atoms with Gasteiger partial charge in [0, 0.05) is 33.9 Å². The molecule has 0 atom stereocenters. The molecule has 6 nitrogen and oxygen atoms in total. The zero-order valence-electron chi connectivity index (χ0n) is 15.5. The molecule has 5 aromatic rings. The van der Waals surface area contributed by atoms with Crippen molar-refractivity contribution in [2.24, 2.45) is 0 Å². The summed E-state index contributed by atoms with van der Waals surface area (Å²) in [6.07, 6.45) is 1.90. The van der Waals surface area contributed by atoms with Gasteiger partial charge in [-0.25, -0.2) is 4.98 Å². The average molecular weight is 420 g/mol. The van der Waals surface area contributed by atoms with Crippen molar-refractivity contribution in [1.82, 2.24) is 20.2 Å². The first-order valence-electron chi connectivity index (χ1n) is 9.05. The van der Waals surface area contributed by atoms with Crippen LogP contribution in [0.4, 0.5) is 10.8 Å². The van der Waals surface area contributed by atoms with Crippen molar-refractivity contribution in [2.75, 3.05) is 5.32 Å². The van der Waals surface area contributed by atoms with Gasteiger partial charge in [0.1, 0.15) is 0 Å². The first-order chi connectivity index (χ1) is 14.2. The molecule has 0 spiro atoms. The molecule has 144 valence electrons. The second kappa shape index (κ2) is 7.73. The fourth-order valence-corrected chi connectivity index (χ4v) is 4.44. The van der Waals surface area contributed by atoms with Crippen LogP contribution in [0.2, 0.25) is 0 Å². The molecule has 0 fully saturated rings. The van der Waals surface area contributed by atoms with Gasteiger partial charge in [0.05, 0.1) is 11.3 Å². The molecular weight excluding hydrogens is 402 g/mol. The Hall–Kier alpha value is -3.10. The first-order valence-corrected chi connectivity index (χ1v) is 10.9. The van der Waals surface area contributed by atoms with Crippen molar-refractivity contribution < 1.29 is 4.42 Å². The van der Waals surface area contributed by atoms with E-state index in [0.29, 0.717) is 16.9 Å². The number of para-hydroxylation sites is 1. The Kier molecular flexibility index (Phi) is 4.79. The SMILES string of the molecule is Cc1ccc(Nc2nc(CSc3nnc(-c4c[nH]c5ccccc45)o3)cs2)cc1. The molecule has 3 heterocycles. The topological polar surface area (TPSA) is 79.6 Å². The summed E-state index contributed by atoms with van der Waals surface area (Å²) in [5.74, 6) is 1.19. The normalized spacial score (nSPS) is 11.2. The maximum atomic E-state index is 5.85. The molecule has 2 aromatic carbocycles. The van der Waals surface area contributed by atoms with Crippen molar-refractivity contribution in [2.45, 2.75) is 17.9 Å². The van der Waals surface area contributed by atoms with E-state index in [9.17, 15) is 0 Å². The van der Waals surface area contributed by atoms with Gasteiger partial charge >= 0.3 is 0 Å². The highest BCUT2D eigenvalue weighted by atomic mass is 32.2. The largest absolute Gasteiger partial charge is 0.411 e. The fraction of sp³-hybridized carbons (Fsp3) is 0.0952. The Labute approximate surface area is 175 Å². The Bertz CT molecular complexity index is 1260. The van der Waals surface area contributed by atoms with Crippen LogP contribution < -0.4 is 5.32 Å². The molecule has 0 saturated heterocycles. The van der Waals surface area contributed by atoms with E-state index in [0.717, 1.165) is 33.0 Å². The van der Waals surface area contributed by atoms with E-state index in [1.165, 1.54) is 17.3 Å². The summed E-state index contributed by atoms with van der Waals surface area (Å²) in [6.45, 7) is 2.07. The fourth-order valence-electron chi connectivity index (χ4n) is 2.95. The van der Waals surface area contributed by atoms with Crippen LogP contribution in [0.3, 0.4) is 0 Å². The standard InChI is InChI=1S/C21H17N5OS2/c1-13-6-8-14(9-7-13)23-20-24-15(11-28-20)12-29-21-26-25-19(27-21)17-10-22-18-5-3-2-4-16(17)18/h2-11,22H,12H2,1H3,(H,23,24). The van der Waals surface area contributed by atoms with Gasteiger partial charge in [-0.05, 0) is 25.1 Å². The number of H-pyrrole nitrogens is 1. The van der Waals surface area contributed by atoms with Crippen molar-refractivity contribution in [1.29, 1.82) is 0 Å². The van der Waals surface area contributed by atoms with E-state index >= 15 is 0 Å². The highest BCUT2D eigenvalue weighted by Crippen LogP contribution is 2.31. The summed E-state index contributed by atoms with van der Waals surface area (Å²) in [4.78, 5) is 7.86. The summed E-state index contributed by atoms with van der Waals surface area (Å²) in [6, 6.07) is 16.3.